The molecule has 0 unspecified atom stereocenters. The molecule has 0 aromatic rings. The van der Waals surface area contributed by atoms with E-state index in [2.05, 4.69) is 29.8 Å². The standard InChI is InChI=1S/C28H55NO2.2C3H7NO2.Na.H/c1-3-5-7-9-11-13-14-15-16-18-20-22-24-26-28(31)29-27(30)25-23-21-19-17-12-10-8-6-4-2;2*1-4-2-3(5)6;;/h3-26H2,1-2H3,(H,29,30,31);2*4H,2H2,1H3,(H,5,6);;. The molecular formula is C34H70N3NaO6. The number of aliphatic carboxylic acids is 2. The molecule has 0 fully saturated rings. The molecule has 5 N–H and O–H groups in total. The van der Waals surface area contributed by atoms with Crippen LogP contribution in [0, 0.1) is 0 Å². The Morgan fingerprint density at radius 1 is 0.432 bits per heavy atom. The van der Waals surface area contributed by atoms with E-state index in [1.165, 1.54) is 116 Å². The van der Waals surface area contributed by atoms with Crippen LogP contribution < -0.4 is 16.0 Å². The minimum absolute atomic E-state index is 0. The molecule has 0 saturated heterocycles. The van der Waals surface area contributed by atoms with Gasteiger partial charge in [-0.3, -0.25) is 24.5 Å². The van der Waals surface area contributed by atoms with E-state index in [1.54, 1.807) is 14.1 Å². The van der Waals surface area contributed by atoms with Gasteiger partial charge in [0.15, 0.2) is 0 Å². The Bertz CT molecular complexity index is 622. The molecule has 0 aliphatic rings. The average molecular weight is 640 g/mol. The van der Waals surface area contributed by atoms with E-state index in [0.29, 0.717) is 12.8 Å². The van der Waals surface area contributed by atoms with Crippen LogP contribution in [0.1, 0.15) is 168 Å². The van der Waals surface area contributed by atoms with Gasteiger partial charge in [0.2, 0.25) is 11.8 Å². The molecular weight excluding hydrogens is 569 g/mol. The van der Waals surface area contributed by atoms with Crippen molar-refractivity contribution in [2.75, 3.05) is 27.2 Å². The van der Waals surface area contributed by atoms with E-state index in [-0.39, 0.29) is 54.5 Å². The van der Waals surface area contributed by atoms with Crippen molar-refractivity contribution in [3.8, 4) is 0 Å². The number of unbranched alkanes of at least 4 members (excludes halogenated alkanes) is 20. The van der Waals surface area contributed by atoms with Crippen LogP contribution in [-0.2, 0) is 19.2 Å². The topological polar surface area (TPSA) is 145 Å². The summed E-state index contributed by atoms with van der Waals surface area (Å²) in [6.07, 6.45) is 29.2. The zero-order valence-corrected chi connectivity index (χ0v) is 28.4. The van der Waals surface area contributed by atoms with Gasteiger partial charge >= 0.3 is 41.5 Å². The van der Waals surface area contributed by atoms with Crippen LogP contribution >= 0.6 is 0 Å². The maximum atomic E-state index is 11.9. The Morgan fingerprint density at radius 3 is 0.841 bits per heavy atom. The zero-order valence-electron chi connectivity index (χ0n) is 28.4. The molecule has 258 valence electrons. The van der Waals surface area contributed by atoms with Crippen LogP contribution in [0.2, 0.25) is 0 Å². The number of likely N-dealkylation sites (N-methyl/N-ethyl adjacent to an activating group) is 2. The van der Waals surface area contributed by atoms with Gasteiger partial charge in [0.05, 0.1) is 13.1 Å². The van der Waals surface area contributed by atoms with Gasteiger partial charge in [-0.05, 0) is 26.9 Å². The molecule has 0 spiro atoms. The van der Waals surface area contributed by atoms with Gasteiger partial charge in [-0.15, -0.1) is 0 Å². The van der Waals surface area contributed by atoms with Gasteiger partial charge in [-0.25, -0.2) is 0 Å². The number of rotatable bonds is 28. The van der Waals surface area contributed by atoms with Crippen molar-refractivity contribution >= 4 is 53.3 Å². The molecule has 0 aliphatic carbocycles. The van der Waals surface area contributed by atoms with Crippen molar-refractivity contribution in [1.29, 1.82) is 0 Å². The van der Waals surface area contributed by atoms with Gasteiger partial charge in [-0.1, -0.05) is 142 Å². The van der Waals surface area contributed by atoms with Gasteiger partial charge in [0, 0.05) is 12.8 Å². The number of amides is 2. The second kappa shape index (κ2) is 44.1. The fourth-order valence-electron chi connectivity index (χ4n) is 4.48. The first-order valence-electron chi connectivity index (χ1n) is 17.3. The predicted molar refractivity (Wildman–Crippen MR) is 186 cm³/mol. The third kappa shape index (κ3) is 53.6. The van der Waals surface area contributed by atoms with Crippen molar-refractivity contribution in [2.45, 2.75) is 168 Å². The summed E-state index contributed by atoms with van der Waals surface area (Å²) in [5, 5.41) is 23.2. The number of hydrogen-bond acceptors (Lipinski definition) is 6. The van der Waals surface area contributed by atoms with E-state index in [9.17, 15) is 19.2 Å². The first kappa shape index (κ1) is 49.9. The zero-order chi connectivity index (χ0) is 32.8. The number of carbonyl (C=O) groups excluding carboxylic acids is 2. The molecule has 44 heavy (non-hydrogen) atoms. The molecule has 0 saturated carbocycles. The van der Waals surface area contributed by atoms with E-state index in [0.717, 1.165) is 25.7 Å². The Morgan fingerprint density at radius 2 is 0.659 bits per heavy atom. The quantitative estimate of drug-likeness (QED) is 0.0456. The van der Waals surface area contributed by atoms with E-state index in [4.69, 9.17) is 10.2 Å². The van der Waals surface area contributed by atoms with Crippen molar-refractivity contribution in [1.82, 2.24) is 16.0 Å². The molecule has 10 heteroatoms. The molecule has 0 bridgehead atoms. The molecule has 0 rings (SSSR count). The maximum absolute atomic E-state index is 11.9. The number of carbonyl (C=O) groups is 4. The average Bonchev–Trinajstić information content (AvgIpc) is 2.95. The number of hydrogen-bond donors (Lipinski definition) is 5. The molecule has 0 aliphatic heterocycles. The minimum atomic E-state index is -0.822. The summed E-state index contributed by atoms with van der Waals surface area (Å²) in [5.74, 6) is -1.80. The number of imide groups is 1. The first-order chi connectivity index (χ1) is 20.7. The van der Waals surface area contributed by atoms with Gasteiger partial charge < -0.3 is 20.8 Å². The fraction of sp³-hybridized carbons (Fsp3) is 0.882. The first-order valence-corrected chi connectivity index (χ1v) is 17.3. The molecule has 0 atom stereocenters. The fourth-order valence-corrected chi connectivity index (χ4v) is 4.48. The van der Waals surface area contributed by atoms with E-state index >= 15 is 0 Å². The van der Waals surface area contributed by atoms with Gasteiger partial charge in [0.25, 0.3) is 0 Å². The summed E-state index contributed by atoms with van der Waals surface area (Å²) in [6, 6.07) is 0. The van der Waals surface area contributed by atoms with Crippen LogP contribution in [-0.4, -0.2) is 90.7 Å². The van der Waals surface area contributed by atoms with Gasteiger partial charge in [-0.2, -0.15) is 0 Å². The predicted octanol–water partition coefficient (Wildman–Crippen LogP) is 6.96. The molecule has 2 amide bonds. The SMILES string of the molecule is CCCCCCCCCCCCCCCC(=O)NC(=O)CCCCCCCCCCC.CNCC(=O)O.CNCC(=O)O.[NaH]. The Hall–Kier alpha value is -1.00. The summed E-state index contributed by atoms with van der Waals surface area (Å²) in [6.45, 7) is 4.60. The van der Waals surface area contributed by atoms with E-state index in [1.807, 2.05) is 0 Å². The van der Waals surface area contributed by atoms with Crippen LogP contribution in [0.4, 0.5) is 0 Å². The summed E-state index contributed by atoms with van der Waals surface area (Å²) < 4.78 is 0. The van der Waals surface area contributed by atoms with Crippen molar-refractivity contribution in [3.05, 3.63) is 0 Å². The van der Waals surface area contributed by atoms with Gasteiger partial charge in [0.1, 0.15) is 0 Å². The van der Waals surface area contributed by atoms with Crippen molar-refractivity contribution < 1.29 is 29.4 Å². The molecule has 0 aromatic heterocycles. The number of carboxylic acid groups (broad SMARTS) is 2. The van der Waals surface area contributed by atoms with Crippen LogP contribution in [0.25, 0.3) is 0 Å². The summed E-state index contributed by atoms with van der Waals surface area (Å²) in [7, 11) is 3.18. The van der Waals surface area contributed by atoms with Crippen molar-refractivity contribution in [2.24, 2.45) is 0 Å². The monoisotopic (exact) mass is 640 g/mol. The second-order valence-corrected chi connectivity index (χ2v) is 11.4. The Labute approximate surface area is 292 Å². The van der Waals surface area contributed by atoms with E-state index < -0.39 is 11.9 Å². The molecule has 0 heterocycles. The normalized spacial score (nSPS) is 10.0. The Balaban J connectivity index is -0.000000514. The third-order valence-corrected chi connectivity index (χ3v) is 6.95. The summed E-state index contributed by atoms with van der Waals surface area (Å²) in [4.78, 5) is 42.8. The number of carboxylic acids is 2. The van der Waals surface area contributed by atoms with Crippen LogP contribution in [0.15, 0.2) is 0 Å². The van der Waals surface area contributed by atoms with Crippen molar-refractivity contribution in [3.63, 3.8) is 0 Å². The molecule has 0 aromatic carbocycles. The summed E-state index contributed by atoms with van der Waals surface area (Å²) >= 11 is 0. The Kier molecular flexibility index (Phi) is 50.0. The molecule has 9 nitrogen and oxygen atoms in total. The second-order valence-electron chi connectivity index (χ2n) is 11.4. The van der Waals surface area contributed by atoms with Crippen LogP contribution in [0.5, 0.6) is 0 Å². The number of nitrogens with one attached hydrogen (secondary N) is 3. The van der Waals surface area contributed by atoms with Crippen LogP contribution in [0.3, 0.4) is 0 Å². The summed E-state index contributed by atoms with van der Waals surface area (Å²) in [5.41, 5.74) is 0. The molecule has 0 radical (unpaired) electrons. The third-order valence-electron chi connectivity index (χ3n) is 6.95.